The van der Waals surface area contributed by atoms with E-state index in [4.69, 9.17) is 14.6 Å². The Morgan fingerprint density at radius 1 is 1.07 bits per heavy atom. The Morgan fingerprint density at radius 2 is 1.76 bits per heavy atom. The Bertz CT molecular complexity index is 1090. The molecule has 1 aliphatic rings. The highest BCUT2D eigenvalue weighted by atomic mass is 16.5. The number of likely N-dealkylation sites (tertiary alicyclic amines) is 1. The summed E-state index contributed by atoms with van der Waals surface area (Å²) in [6, 6.07) is 7.00. The van der Waals surface area contributed by atoms with Crippen molar-refractivity contribution in [2.24, 2.45) is 5.92 Å². The molecular formula is C31H49N5O5. The van der Waals surface area contributed by atoms with Gasteiger partial charge in [0, 0.05) is 32.1 Å². The number of aliphatic hydroxyl groups is 1. The second-order valence-electron chi connectivity index (χ2n) is 11.1. The van der Waals surface area contributed by atoms with Gasteiger partial charge in [-0.2, -0.15) is 5.10 Å². The van der Waals surface area contributed by atoms with Crippen molar-refractivity contribution in [2.75, 3.05) is 40.4 Å². The van der Waals surface area contributed by atoms with E-state index in [2.05, 4.69) is 29.4 Å². The number of methoxy groups -OCH3 is 2. The lowest BCUT2D eigenvalue weighted by Gasteiger charge is -2.28. The van der Waals surface area contributed by atoms with E-state index in [1.54, 1.807) is 20.3 Å². The van der Waals surface area contributed by atoms with Gasteiger partial charge in [-0.3, -0.25) is 14.3 Å². The van der Waals surface area contributed by atoms with E-state index >= 15 is 0 Å². The number of hydrogen-bond donors (Lipinski definition) is 3. The van der Waals surface area contributed by atoms with Crippen molar-refractivity contribution in [2.45, 2.75) is 84.4 Å². The second-order valence-corrected chi connectivity index (χ2v) is 11.1. The predicted molar refractivity (Wildman–Crippen MR) is 160 cm³/mol. The fourth-order valence-corrected chi connectivity index (χ4v) is 5.07. The maximum Gasteiger partial charge on any atom is 0.272 e. The van der Waals surface area contributed by atoms with Crippen LogP contribution in [0.3, 0.4) is 0 Å². The van der Waals surface area contributed by atoms with Gasteiger partial charge in [0.05, 0.1) is 31.6 Å². The lowest BCUT2D eigenvalue weighted by Crippen LogP contribution is -2.43. The Balaban J connectivity index is 1.85. The predicted octanol–water partition coefficient (Wildman–Crippen LogP) is 3.87. The first-order chi connectivity index (χ1) is 19.8. The van der Waals surface area contributed by atoms with Crippen LogP contribution in [0.5, 0.6) is 11.5 Å². The minimum absolute atomic E-state index is 0.136. The summed E-state index contributed by atoms with van der Waals surface area (Å²) in [7, 11) is 3.22. The van der Waals surface area contributed by atoms with Crippen molar-refractivity contribution in [3.05, 3.63) is 30.0 Å². The summed E-state index contributed by atoms with van der Waals surface area (Å²) in [6.45, 7) is 9.86. The van der Waals surface area contributed by atoms with Crippen LogP contribution in [0.15, 0.2) is 24.3 Å². The molecule has 1 saturated heterocycles. The number of carbonyl (C=O) groups excluding carboxylic acids is 2. The summed E-state index contributed by atoms with van der Waals surface area (Å²) in [5.74, 6) is 1.08. The van der Waals surface area contributed by atoms with Gasteiger partial charge in [0.25, 0.3) is 5.91 Å². The molecule has 0 aliphatic carbocycles. The number of hydrogen-bond acceptors (Lipinski definition) is 7. The number of ether oxygens (including phenoxy) is 2. The Hall–Kier alpha value is -3.11. The number of aromatic nitrogens is 2. The van der Waals surface area contributed by atoms with E-state index in [1.807, 2.05) is 29.8 Å². The molecule has 1 fully saturated rings. The molecule has 0 spiro atoms. The molecule has 2 aromatic rings. The summed E-state index contributed by atoms with van der Waals surface area (Å²) in [5.41, 5.74) is 1.75. The molecule has 10 nitrogen and oxygen atoms in total. The Kier molecular flexibility index (Phi) is 12.9. The zero-order valence-electron chi connectivity index (χ0n) is 25.4. The summed E-state index contributed by atoms with van der Waals surface area (Å²) < 4.78 is 13.2. The van der Waals surface area contributed by atoms with Crippen LogP contribution >= 0.6 is 0 Å². The summed E-state index contributed by atoms with van der Waals surface area (Å²) in [4.78, 5) is 28.8. The van der Waals surface area contributed by atoms with Crippen molar-refractivity contribution < 1.29 is 24.2 Å². The smallest absolute Gasteiger partial charge is 0.272 e. The van der Waals surface area contributed by atoms with Crippen LogP contribution in [0.4, 0.5) is 0 Å². The molecule has 3 rings (SSSR count). The van der Waals surface area contributed by atoms with Crippen LogP contribution in [0, 0.1) is 5.92 Å². The Morgan fingerprint density at radius 3 is 2.37 bits per heavy atom. The number of carbonyl (C=O) groups is 2. The molecule has 0 radical (unpaired) electrons. The standard InChI is InChI=1S/C31H49N5O5/c1-6-22(3)21-36-26(30-27(40-4)12-11-13-28(30)41-5)19-25(34-36)31(39)33-23(14-17-35-15-9-8-10-16-35)18-29(38)32-20-24(37)7-2/h11-13,19,22-24,37H,6-10,14-18,20-21H2,1-5H3,(H,32,38)(H,33,39)/t22?,23-,24?/m0/s1. The van der Waals surface area contributed by atoms with Crippen LogP contribution in [0.1, 0.15) is 76.2 Å². The number of amides is 2. The molecule has 228 valence electrons. The van der Waals surface area contributed by atoms with Crippen molar-refractivity contribution in [3.8, 4) is 22.8 Å². The van der Waals surface area contributed by atoms with Gasteiger partial charge < -0.3 is 30.1 Å². The van der Waals surface area contributed by atoms with Gasteiger partial charge in [-0.1, -0.05) is 39.7 Å². The lowest BCUT2D eigenvalue weighted by molar-refractivity contribution is -0.122. The molecule has 2 unspecified atom stereocenters. The van der Waals surface area contributed by atoms with Crippen LogP contribution in [0.2, 0.25) is 0 Å². The third-order valence-electron chi connectivity index (χ3n) is 7.89. The topological polar surface area (TPSA) is 118 Å². The molecule has 10 heteroatoms. The number of piperidine rings is 1. The van der Waals surface area contributed by atoms with Crippen LogP contribution in [0.25, 0.3) is 11.3 Å². The van der Waals surface area contributed by atoms with Gasteiger partial charge in [0.2, 0.25) is 5.91 Å². The fraction of sp³-hybridized carbons (Fsp3) is 0.645. The van der Waals surface area contributed by atoms with E-state index in [1.165, 1.54) is 19.3 Å². The first-order valence-electron chi connectivity index (χ1n) is 15.1. The van der Waals surface area contributed by atoms with Gasteiger partial charge >= 0.3 is 0 Å². The molecule has 0 bridgehead atoms. The maximum absolute atomic E-state index is 13.6. The number of benzene rings is 1. The molecule has 1 aromatic carbocycles. The van der Waals surface area contributed by atoms with Crippen molar-refractivity contribution in [1.29, 1.82) is 0 Å². The maximum atomic E-state index is 13.6. The molecule has 3 atom stereocenters. The largest absolute Gasteiger partial charge is 0.496 e. The van der Waals surface area contributed by atoms with Crippen molar-refractivity contribution in [1.82, 2.24) is 25.3 Å². The van der Waals surface area contributed by atoms with Crippen molar-refractivity contribution >= 4 is 11.8 Å². The number of rotatable bonds is 16. The molecule has 3 N–H and O–H groups in total. The minimum Gasteiger partial charge on any atom is -0.496 e. The van der Waals surface area contributed by atoms with E-state index in [0.717, 1.165) is 37.3 Å². The van der Waals surface area contributed by atoms with Crippen LogP contribution in [-0.2, 0) is 11.3 Å². The van der Waals surface area contributed by atoms with E-state index in [9.17, 15) is 14.7 Å². The highest BCUT2D eigenvalue weighted by Gasteiger charge is 2.25. The SMILES string of the molecule is CCC(C)Cn1nc(C(=O)N[C@@H](CCN2CCCCC2)CC(=O)NCC(O)CC)cc1-c1c(OC)cccc1OC. The summed E-state index contributed by atoms with van der Waals surface area (Å²) in [6.07, 6.45) is 5.33. The van der Waals surface area contributed by atoms with E-state index in [-0.39, 0.29) is 36.5 Å². The Labute approximate surface area is 244 Å². The van der Waals surface area contributed by atoms with E-state index < -0.39 is 6.10 Å². The first-order valence-corrected chi connectivity index (χ1v) is 15.1. The highest BCUT2D eigenvalue weighted by molar-refractivity contribution is 5.94. The molecule has 0 saturated carbocycles. The summed E-state index contributed by atoms with van der Waals surface area (Å²) in [5, 5.41) is 20.5. The monoisotopic (exact) mass is 571 g/mol. The number of aliphatic hydroxyl groups excluding tert-OH is 1. The normalized spacial score (nSPS) is 16.0. The zero-order chi connectivity index (χ0) is 29.8. The first kappa shape index (κ1) is 32.4. The lowest BCUT2D eigenvalue weighted by atomic mass is 10.1. The highest BCUT2D eigenvalue weighted by Crippen LogP contribution is 2.39. The van der Waals surface area contributed by atoms with Crippen LogP contribution < -0.4 is 20.1 Å². The molecule has 1 aliphatic heterocycles. The number of nitrogens with zero attached hydrogens (tertiary/aromatic N) is 3. The molecule has 2 amide bonds. The summed E-state index contributed by atoms with van der Waals surface area (Å²) >= 11 is 0. The third-order valence-corrected chi connectivity index (χ3v) is 7.89. The van der Waals surface area contributed by atoms with Crippen molar-refractivity contribution in [3.63, 3.8) is 0 Å². The van der Waals surface area contributed by atoms with Gasteiger partial charge in [-0.15, -0.1) is 0 Å². The van der Waals surface area contributed by atoms with Gasteiger partial charge in [-0.05, 0) is 62.9 Å². The van der Waals surface area contributed by atoms with Gasteiger partial charge in [-0.25, -0.2) is 0 Å². The molecular weight excluding hydrogens is 522 g/mol. The molecule has 1 aromatic heterocycles. The third kappa shape index (κ3) is 9.46. The van der Waals surface area contributed by atoms with Gasteiger partial charge in [0.15, 0.2) is 5.69 Å². The second kappa shape index (κ2) is 16.4. The minimum atomic E-state index is -0.583. The quantitative estimate of drug-likeness (QED) is 0.280. The van der Waals surface area contributed by atoms with Gasteiger partial charge in [0.1, 0.15) is 11.5 Å². The molecule has 2 heterocycles. The molecule has 41 heavy (non-hydrogen) atoms. The fourth-order valence-electron chi connectivity index (χ4n) is 5.07. The number of nitrogens with one attached hydrogen (secondary N) is 2. The average Bonchev–Trinajstić information content (AvgIpc) is 3.41. The zero-order valence-corrected chi connectivity index (χ0v) is 25.4. The average molecular weight is 572 g/mol. The van der Waals surface area contributed by atoms with Crippen LogP contribution in [-0.4, -0.2) is 84.1 Å². The van der Waals surface area contributed by atoms with E-state index in [0.29, 0.717) is 36.8 Å².